The first kappa shape index (κ1) is 15.0. The molecule has 0 bridgehead atoms. The Bertz CT molecular complexity index is 613. The summed E-state index contributed by atoms with van der Waals surface area (Å²) in [4.78, 5) is 11.2. The normalized spacial score (nSPS) is 21.5. The summed E-state index contributed by atoms with van der Waals surface area (Å²) in [6.45, 7) is 12.4. The van der Waals surface area contributed by atoms with Crippen LogP contribution in [0.15, 0.2) is 0 Å². The fourth-order valence-electron chi connectivity index (χ4n) is 3.54. The largest absolute Gasteiger partial charge is 0.504 e. The number of phenolic OH excluding ortho intramolecular Hbond substituents is 2. The Labute approximate surface area is 121 Å². The van der Waals surface area contributed by atoms with Crippen LogP contribution in [0.4, 0.5) is 0 Å². The second-order valence-electron chi connectivity index (χ2n) is 7.27. The van der Waals surface area contributed by atoms with Gasteiger partial charge in [-0.05, 0) is 21.8 Å². The van der Waals surface area contributed by atoms with Crippen LogP contribution in [-0.2, 0) is 10.8 Å². The molecular weight excluding hydrogens is 251 g/mol. The topological polar surface area (TPSA) is 57.5 Å². The van der Waals surface area contributed by atoms with Gasteiger partial charge in [-0.15, -0.1) is 0 Å². The van der Waals surface area contributed by atoms with Gasteiger partial charge in [0.2, 0.25) is 0 Å². The zero-order valence-electron chi connectivity index (χ0n) is 13.0. The Hall–Kier alpha value is -1.45. The van der Waals surface area contributed by atoms with Crippen molar-refractivity contribution in [2.45, 2.75) is 52.4 Å². The second-order valence-corrected chi connectivity index (χ2v) is 7.27. The van der Waals surface area contributed by atoms with Gasteiger partial charge in [0.1, 0.15) is 7.85 Å². The molecule has 3 nitrogen and oxygen atoms in total. The van der Waals surface area contributed by atoms with Gasteiger partial charge in [0, 0.05) is 5.56 Å². The minimum atomic E-state index is -0.419. The van der Waals surface area contributed by atoms with Crippen LogP contribution in [0.1, 0.15) is 63.0 Å². The molecule has 1 aliphatic carbocycles. The number of aldehydes is 1. The van der Waals surface area contributed by atoms with Crippen LogP contribution in [-0.4, -0.2) is 24.3 Å². The molecule has 0 saturated heterocycles. The first-order chi connectivity index (χ1) is 8.92. The molecule has 0 fully saturated rings. The lowest BCUT2D eigenvalue weighted by molar-refractivity contribution is 0.112. The molecule has 20 heavy (non-hydrogen) atoms. The molecule has 106 valence electrons. The van der Waals surface area contributed by atoms with Gasteiger partial charge < -0.3 is 10.2 Å². The summed E-state index contributed by atoms with van der Waals surface area (Å²) in [5, 5.41) is 20.4. The van der Waals surface area contributed by atoms with Gasteiger partial charge in [0.05, 0.1) is 5.56 Å². The molecule has 0 saturated carbocycles. The molecule has 2 N–H and O–H groups in total. The summed E-state index contributed by atoms with van der Waals surface area (Å²) in [7, 11) is 6.13. The Balaban J connectivity index is 3.05. The minimum absolute atomic E-state index is 0.0252. The van der Waals surface area contributed by atoms with Gasteiger partial charge in [-0.3, -0.25) is 4.79 Å². The monoisotopic (exact) mass is 272 g/mol. The molecule has 2 radical (unpaired) electrons. The van der Waals surface area contributed by atoms with E-state index in [-0.39, 0.29) is 33.0 Å². The van der Waals surface area contributed by atoms with E-state index in [1.54, 1.807) is 0 Å². The molecular formula is C16H21BO3. The van der Waals surface area contributed by atoms with Gasteiger partial charge >= 0.3 is 0 Å². The number of benzene rings is 1. The SMILES string of the molecule is [B]c1c(C=O)c(O)c(O)c2c1C(C)(C)C(C)(C)C2(C)C. The maximum Gasteiger partial charge on any atom is 0.167 e. The van der Waals surface area contributed by atoms with Gasteiger partial charge in [-0.1, -0.05) is 47.0 Å². The van der Waals surface area contributed by atoms with Gasteiger partial charge in [0.15, 0.2) is 17.8 Å². The summed E-state index contributed by atoms with van der Waals surface area (Å²) >= 11 is 0. The first-order valence-corrected chi connectivity index (χ1v) is 6.76. The van der Waals surface area contributed by atoms with Gasteiger partial charge in [-0.25, -0.2) is 0 Å². The number of carbonyl (C=O) groups is 1. The number of hydrogen-bond acceptors (Lipinski definition) is 3. The molecule has 0 heterocycles. The summed E-state index contributed by atoms with van der Waals surface area (Å²) < 4.78 is 0. The van der Waals surface area contributed by atoms with Crippen LogP contribution < -0.4 is 5.46 Å². The Morgan fingerprint density at radius 1 is 0.900 bits per heavy atom. The van der Waals surface area contributed by atoms with Crippen molar-refractivity contribution in [2.75, 3.05) is 0 Å². The highest BCUT2D eigenvalue weighted by atomic mass is 16.3. The molecule has 2 rings (SSSR count). The summed E-state index contributed by atoms with van der Waals surface area (Å²) in [5.41, 5.74) is 0.735. The van der Waals surface area contributed by atoms with Crippen molar-refractivity contribution in [1.82, 2.24) is 0 Å². The van der Waals surface area contributed by atoms with E-state index < -0.39 is 5.75 Å². The summed E-state index contributed by atoms with van der Waals surface area (Å²) in [6, 6.07) is 0. The molecule has 1 aliphatic rings. The average Bonchev–Trinajstić information content (AvgIpc) is 2.42. The minimum Gasteiger partial charge on any atom is -0.504 e. The van der Waals surface area contributed by atoms with Crippen LogP contribution in [0.5, 0.6) is 11.5 Å². The Kier molecular flexibility index (Phi) is 2.85. The lowest BCUT2D eigenvalue weighted by atomic mass is 9.59. The highest BCUT2D eigenvalue weighted by Gasteiger charge is 2.59. The zero-order valence-corrected chi connectivity index (χ0v) is 13.0. The van der Waals surface area contributed by atoms with E-state index in [4.69, 9.17) is 7.85 Å². The first-order valence-electron chi connectivity index (χ1n) is 6.76. The fraction of sp³-hybridized carbons (Fsp3) is 0.562. The molecule has 0 unspecified atom stereocenters. The van der Waals surface area contributed by atoms with E-state index in [0.717, 1.165) is 5.56 Å². The fourth-order valence-corrected chi connectivity index (χ4v) is 3.54. The molecule has 0 spiro atoms. The highest BCUT2D eigenvalue weighted by molar-refractivity contribution is 6.37. The molecule has 0 aliphatic heterocycles. The number of hydrogen-bond donors (Lipinski definition) is 2. The molecule has 4 heteroatoms. The molecule has 0 amide bonds. The maximum absolute atomic E-state index is 11.2. The summed E-state index contributed by atoms with van der Waals surface area (Å²) in [6.07, 6.45) is 0.499. The number of carbonyl (C=O) groups excluding carboxylic acids is 1. The third kappa shape index (κ3) is 1.35. The number of aromatic hydroxyl groups is 2. The van der Waals surface area contributed by atoms with E-state index in [0.29, 0.717) is 11.8 Å². The van der Waals surface area contributed by atoms with Crippen LogP contribution in [0.3, 0.4) is 0 Å². The van der Waals surface area contributed by atoms with Crippen LogP contribution in [0, 0.1) is 5.41 Å². The molecule has 1 aromatic rings. The maximum atomic E-state index is 11.2. The van der Waals surface area contributed by atoms with Crippen molar-refractivity contribution < 1.29 is 15.0 Å². The van der Waals surface area contributed by atoms with E-state index in [9.17, 15) is 15.0 Å². The Morgan fingerprint density at radius 3 is 1.80 bits per heavy atom. The van der Waals surface area contributed by atoms with Crippen LogP contribution >= 0.6 is 0 Å². The van der Waals surface area contributed by atoms with Crippen molar-refractivity contribution in [3.8, 4) is 11.5 Å². The standard InChI is InChI=1S/C16H21BO3/c1-14(2)9-10(15(3,4)16(14,5)6)13(20)12(19)8(7-18)11(9)17/h7,19-20H,1-6H3. The third-order valence-corrected chi connectivity index (χ3v) is 6.02. The van der Waals surface area contributed by atoms with E-state index in [1.807, 2.05) is 13.8 Å². The van der Waals surface area contributed by atoms with Crippen LogP contribution in [0.2, 0.25) is 0 Å². The zero-order chi connectivity index (χ0) is 15.7. The Morgan fingerprint density at radius 2 is 1.35 bits per heavy atom. The number of phenols is 2. The van der Waals surface area contributed by atoms with E-state index in [1.165, 1.54) is 0 Å². The predicted molar refractivity (Wildman–Crippen MR) is 80.4 cm³/mol. The highest BCUT2D eigenvalue weighted by Crippen LogP contribution is 2.64. The quantitative estimate of drug-likeness (QED) is 0.468. The van der Waals surface area contributed by atoms with Crippen molar-refractivity contribution in [1.29, 1.82) is 0 Å². The van der Waals surface area contributed by atoms with E-state index >= 15 is 0 Å². The summed E-state index contributed by atoms with van der Waals surface area (Å²) in [5.74, 6) is -0.641. The lowest BCUT2D eigenvalue weighted by Gasteiger charge is -2.44. The van der Waals surface area contributed by atoms with Gasteiger partial charge in [0.25, 0.3) is 0 Å². The van der Waals surface area contributed by atoms with Crippen molar-refractivity contribution in [3.63, 3.8) is 0 Å². The smallest absolute Gasteiger partial charge is 0.167 e. The van der Waals surface area contributed by atoms with Gasteiger partial charge in [-0.2, -0.15) is 0 Å². The van der Waals surface area contributed by atoms with Crippen LogP contribution in [0.25, 0.3) is 0 Å². The van der Waals surface area contributed by atoms with Crippen molar-refractivity contribution in [2.24, 2.45) is 5.41 Å². The second kappa shape index (κ2) is 3.81. The number of rotatable bonds is 1. The van der Waals surface area contributed by atoms with E-state index in [2.05, 4.69) is 27.7 Å². The van der Waals surface area contributed by atoms with Crippen molar-refractivity contribution in [3.05, 3.63) is 16.7 Å². The predicted octanol–water partition coefficient (Wildman–Crippen LogP) is 2.30. The molecule has 0 atom stereocenters. The molecule has 0 aromatic heterocycles. The van der Waals surface area contributed by atoms with Crippen molar-refractivity contribution >= 4 is 19.6 Å². The molecule has 1 aromatic carbocycles. The lowest BCUT2D eigenvalue weighted by Crippen LogP contribution is -2.43. The number of fused-ring (bicyclic) bond motifs is 1. The average molecular weight is 272 g/mol. The third-order valence-electron chi connectivity index (χ3n) is 6.02.